The molecule has 2 unspecified atom stereocenters. The van der Waals surface area contributed by atoms with Crippen LogP contribution in [-0.2, 0) is 15.1 Å². The monoisotopic (exact) mass is 384 g/mol. The van der Waals surface area contributed by atoms with Crippen LogP contribution in [0.1, 0.15) is 56.6 Å². The van der Waals surface area contributed by atoms with Crippen molar-refractivity contribution in [1.29, 1.82) is 0 Å². The standard InChI is InChI=1S/C18H22F6O2/c1-3-12(2)13-7-9-14(10-8-13)16(17(19,20)21,18(22,23)24)26-15-6-4-5-11-25-15/h7-10,12,15H,3-6,11H2,1-2H3. The summed E-state index contributed by atoms with van der Waals surface area (Å²) >= 11 is 0. The van der Waals surface area contributed by atoms with Crippen molar-refractivity contribution in [1.82, 2.24) is 0 Å². The van der Waals surface area contributed by atoms with Crippen LogP contribution in [0.15, 0.2) is 24.3 Å². The van der Waals surface area contributed by atoms with E-state index in [0.717, 1.165) is 18.6 Å². The molecule has 0 saturated carbocycles. The number of alkyl halides is 6. The fraction of sp³-hybridized carbons (Fsp3) is 0.667. The molecule has 1 aromatic carbocycles. The summed E-state index contributed by atoms with van der Waals surface area (Å²) in [4.78, 5) is 0. The SMILES string of the molecule is CCC(C)c1ccc(C(OC2CCCCO2)(C(F)(F)F)C(F)(F)F)cc1. The van der Waals surface area contributed by atoms with Crippen molar-refractivity contribution in [3.05, 3.63) is 35.4 Å². The van der Waals surface area contributed by atoms with Gasteiger partial charge in [-0.05, 0) is 37.2 Å². The maximum Gasteiger partial charge on any atom is 0.430 e. The van der Waals surface area contributed by atoms with Crippen molar-refractivity contribution in [2.24, 2.45) is 0 Å². The van der Waals surface area contributed by atoms with Crippen LogP contribution in [0.4, 0.5) is 26.3 Å². The lowest BCUT2D eigenvalue weighted by Gasteiger charge is -2.40. The maximum absolute atomic E-state index is 13.7. The van der Waals surface area contributed by atoms with Crippen LogP contribution in [0.2, 0.25) is 0 Å². The molecule has 0 aliphatic carbocycles. The number of hydrogen-bond donors (Lipinski definition) is 0. The Morgan fingerprint density at radius 3 is 2.04 bits per heavy atom. The van der Waals surface area contributed by atoms with Crippen LogP contribution in [0.25, 0.3) is 0 Å². The molecule has 0 N–H and O–H groups in total. The van der Waals surface area contributed by atoms with Gasteiger partial charge in [0.1, 0.15) is 0 Å². The van der Waals surface area contributed by atoms with E-state index in [1.54, 1.807) is 0 Å². The van der Waals surface area contributed by atoms with Gasteiger partial charge in [0.05, 0.1) is 0 Å². The minimum atomic E-state index is -5.69. The first kappa shape index (κ1) is 21.0. The highest BCUT2D eigenvalue weighted by Crippen LogP contribution is 2.54. The lowest BCUT2D eigenvalue weighted by Crippen LogP contribution is -2.58. The van der Waals surface area contributed by atoms with E-state index in [0.29, 0.717) is 18.4 Å². The summed E-state index contributed by atoms with van der Waals surface area (Å²) in [5.74, 6) is 0.0258. The molecule has 0 amide bonds. The third kappa shape index (κ3) is 4.01. The molecule has 0 bridgehead atoms. The number of ether oxygens (including phenoxy) is 2. The largest absolute Gasteiger partial charge is 0.430 e. The molecule has 1 aliphatic heterocycles. The normalized spacial score (nSPS) is 20.8. The molecule has 1 heterocycles. The first-order chi connectivity index (χ1) is 12.0. The fourth-order valence-electron chi connectivity index (χ4n) is 2.97. The zero-order chi connectivity index (χ0) is 19.6. The minimum absolute atomic E-state index is 0.0150. The number of halogens is 6. The van der Waals surface area contributed by atoms with Crippen LogP contribution in [0.3, 0.4) is 0 Å². The van der Waals surface area contributed by atoms with E-state index in [2.05, 4.69) is 4.74 Å². The van der Waals surface area contributed by atoms with Gasteiger partial charge in [0.2, 0.25) is 0 Å². The summed E-state index contributed by atoms with van der Waals surface area (Å²) < 4.78 is 92.1. The Morgan fingerprint density at radius 2 is 1.62 bits per heavy atom. The summed E-state index contributed by atoms with van der Waals surface area (Å²) in [5, 5.41) is 0. The zero-order valence-electron chi connectivity index (χ0n) is 14.6. The number of rotatable bonds is 5. The second-order valence-electron chi connectivity index (χ2n) is 6.52. The minimum Gasteiger partial charge on any atom is -0.353 e. The Labute approximate surface area is 148 Å². The Hall–Kier alpha value is -1.28. The molecule has 0 aromatic heterocycles. The Kier molecular flexibility index (Phi) is 6.28. The van der Waals surface area contributed by atoms with Crippen molar-refractivity contribution < 1.29 is 35.8 Å². The topological polar surface area (TPSA) is 18.5 Å². The molecule has 8 heteroatoms. The van der Waals surface area contributed by atoms with Gasteiger partial charge in [-0.3, -0.25) is 0 Å². The van der Waals surface area contributed by atoms with Crippen LogP contribution in [0, 0.1) is 0 Å². The number of benzene rings is 1. The lowest BCUT2D eigenvalue weighted by atomic mass is 9.89. The molecule has 148 valence electrons. The summed E-state index contributed by atoms with van der Waals surface area (Å²) in [7, 11) is 0. The molecule has 1 aromatic rings. The van der Waals surface area contributed by atoms with E-state index in [-0.39, 0.29) is 18.9 Å². The Bertz CT molecular complexity index is 559. The van der Waals surface area contributed by atoms with Crippen molar-refractivity contribution in [2.75, 3.05) is 6.61 Å². The van der Waals surface area contributed by atoms with Gasteiger partial charge in [-0.15, -0.1) is 0 Å². The molecule has 2 atom stereocenters. The second kappa shape index (κ2) is 7.76. The lowest BCUT2D eigenvalue weighted by molar-refractivity contribution is -0.419. The van der Waals surface area contributed by atoms with E-state index in [9.17, 15) is 26.3 Å². The third-order valence-corrected chi connectivity index (χ3v) is 4.74. The highest BCUT2D eigenvalue weighted by atomic mass is 19.4. The highest BCUT2D eigenvalue weighted by molar-refractivity contribution is 5.32. The predicted octanol–water partition coefficient (Wildman–Crippen LogP) is 6.06. The van der Waals surface area contributed by atoms with Crippen molar-refractivity contribution in [3.8, 4) is 0 Å². The van der Waals surface area contributed by atoms with Gasteiger partial charge >= 0.3 is 12.4 Å². The summed E-state index contributed by atoms with van der Waals surface area (Å²) in [6.07, 6.45) is -11.2. The van der Waals surface area contributed by atoms with E-state index in [1.807, 2.05) is 13.8 Å². The molecule has 0 spiro atoms. The molecule has 2 rings (SSSR count). The average molecular weight is 384 g/mol. The van der Waals surface area contributed by atoms with Gasteiger partial charge in [-0.25, -0.2) is 0 Å². The van der Waals surface area contributed by atoms with Gasteiger partial charge in [0.15, 0.2) is 6.29 Å². The quantitative estimate of drug-likeness (QED) is 0.574. The average Bonchev–Trinajstić information content (AvgIpc) is 2.58. The third-order valence-electron chi connectivity index (χ3n) is 4.74. The smallest absolute Gasteiger partial charge is 0.353 e. The molecular formula is C18H22F6O2. The molecule has 2 nitrogen and oxygen atoms in total. The van der Waals surface area contributed by atoms with Crippen molar-refractivity contribution in [3.63, 3.8) is 0 Å². The first-order valence-corrected chi connectivity index (χ1v) is 8.56. The van der Waals surface area contributed by atoms with Crippen LogP contribution in [-0.4, -0.2) is 25.2 Å². The van der Waals surface area contributed by atoms with Crippen LogP contribution in [0.5, 0.6) is 0 Å². The molecule has 0 radical (unpaired) electrons. The molecule has 1 aliphatic rings. The van der Waals surface area contributed by atoms with E-state index in [4.69, 9.17) is 4.74 Å². The van der Waals surface area contributed by atoms with E-state index in [1.165, 1.54) is 12.1 Å². The number of hydrogen-bond acceptors (Lipinski definition) is 2. The Balaban J connectivity index is 2.51. The molecule has 1 saturated heterocycles. The van der Waals surface area contributed by atoms with Gasteiger partial charge in [0, 0.05) is 12.2 Å². The van der Waals surface area contributed by atoms with Gasteiger partial charge in [-0.2, -0.15) is 26.3 Å². The highest BCUT2D eigenvalue weighted by Gasteiger charge is 2.74. The molecule has 1 fully saturated rings. The van der Waals surface area contributed by atoms with Crippen LogP contribution < -0.4 is 0 Å². The van der Waals surface area contributed by atoms with Gasteiger partial charge in [-0.1, -0.05) is 38.1 Å². The summed E-state index contributed by atoms with van der Waals surface area (Å²) in [5.41, 5.74) is -4.74. The Morgan fingerprint density at radius 1 is 1.04 bits per heavy atom. The first-order valence-electron chi connectivity index (χ1n) is 8.56. The van der Waals surface area contributed by atoms with E-state index < -0.39 is 29.8 Å². The molecular weight excluding hydrogens is 362 g/mol. The predicted molar refractivity (Wildman–Crippen MR) is 83.6 cm³/mol. The van der Waals surface area contributed by atoms with Gasteiger partial charge < -0.3 is 9.47 Å². The molecule has 26 heavy (non-hydrogen) atoms. The summed E-state index contributed by atoms with van der Waals surface area (Å²) in [6, 6.07) is 4.29. The fourth-order valence-corrected chi connectivity index (χ4v) is 2.97. The van der Waals surface area contributed by atoms with Gasteiger partial charge in [0.25, 0.3) is 5.60 Å². The van der Waals surface area contributed by atoms with E-state index >= 15 is 0 Å². The van der Waals surface area contributed by atoms with Crippen LogP contribution >= 0.6 is 0 Å². The van der Waals surface area contributed by atoms with Crippen molar-refractivity contribution >= 4 is 0 Å². The second-order valence-corrected chi connectivity index (χ2v) is 6.52. The maximum atomic E-state index is 13.7. The van der Waals surface area contributed by atoms with Crippen molar-refractivity contribution in [2.45, 2.75) is 69.7 Å². The summed E-state index contributed by atoms with van der Waals surface area (Å²) in [6.45, 7) is 3.81. The zero-order valence-corrected chi connectivity index (χ0v) is 14.6.